The molecule has 2 atom stereocenters. The molecular formula is C8H12N2S. The van der Waals surface area contributed by atoms with Crippen LogP contribution in [0.1, 0.15) is 24.6 Å². The van der Waals surface area contributed by atoms with Crippen LogP contribution < -0.4 is 5.73 Å². The molecule has 0 saturated heterocycles. The minimum Gasteiger partial charge on any atom is -0.327 e. The Bertz CT molecular complexity index is 253. The van der Waals surface area contributed by atoms with Gasteiger partial charge in [-0.25, -0.2) is 0 Å². The maximum atomic E-state index is 5.91. The number of nitrogens with zero attached hydrogens (tertiary/aromatic N) is 1. The summed E-state index contributed by atoms with van der Waals surface area (Å²) < 4.78 is 0. The molecular weight excluding hydrogens is 156 g/mol. The molecule has 0 radical (unpaired) electrons. The van der Waals surface area contributed by atoms with Gasteiger partial charge in [0, 0.05) is 23.0 Å². The van der Waals surface area contributed by atoms with Gasteiger partial charge < -0.3 is 5.73 Å². The van der Waals surface area contributed by atoms with Crippen molar-refractivity contribution in [2.45, 2.75) is 25.8 Å². The standard InChI is InChI=1S/C8H12N2S/c1-8(2)6(7(8)9)5-3-10-4-11-5/h3-4,6-7H,9H2,1-2H3/t6-,7-/m1/s1. The van der Waals surface area contributed by atoms with Gasteiger partial charge >= 0.3 is 0 Å². The quantitative estimate of drug-likeness (QED) is 0.691. The first-order chi connectivity index (χ1) is 5.14. The molecule has 1 heterocycles. The Balaban J connectivity index is 2.23. The van der Waals surface area contributed by atoms with Crippen molar-refractivity contribution >= 4 is 11.3 Å². The molecule has 0 amide bonds. The predicted octanol–water partition coefficient (Wildman–Crippen LogP) is 1.59. The molecule has 3 heteroatoms. The SMILES string of the molecule is CC1(C)[C@H](N)[C@H]1c1cncs1. The van der Waals surface area contributed by atoms with Crippen molar-refractivity contribution in [3.63, 3.8) is 0 Å². The van der Waals surface area contributed by atoms with E-state index in [2.05, 4.69) is 18.8 Å². The van der Waals surface area contributed by atoms with Gasteiger partial charge in [0.05, 0.1) is 5.51 Å². The summed E-state index contributed by atoms with van der Waals surface area (Å²) in [5.74, 6) is 0.551. The van der Waals surface area contributed by atoms with Crippen molar-refractivity contribution in [3.8, 4) is 0 Å². The Hall–Kier alpha value is -0.410. The minimum absolute atomic E-state index is 0.298. The van der Waals surface area contributed by atoms with Gasteiger partial charge in [-0.3, -0.25) is 4.98 Å². The lowest BCUT2D eigenvalue weighted by molar-refractivity contribution is 0.601. The van der Waals surface area contributed by atoms with Crippen molar-refractivity contribution in [1.82, 2.24) is 4.98 Å². The van der Waals surface area contributed by atoms with Crippen LogP contribution in [0.25, 0.3) is 0 Å². The maximum Gasteiger partial charge on any atom is 0.0794 e. The summed E-state index contributed by atoms with van der Waals surface area (Å²) in [6.07, 6.45) is 1.93. The minimum atomic E-state index is 0.298. The van der Waals surface area contributed by atoms with Crippen LogP contribution in [0.5, 0.6) is 0 Å². The number of thiazole rings is 1. The van der Waals surface area contributed by atoms with Gasteiger partial charge in [0.1, 0.15) is 0 Å². The van der Waals surface area contributed by atoms with Gasteiger partial charge in [-0.2, -0.15) is 0 Å². The third-order valence-electron chi connectivity index (χ3n) is 2.67. The molecule has 0 unspecified atom stereocenters. The van der Waals surface area contributed by atoms with Crippen molar-refractivity contribution < 1.29 is 0 Å². The molecule has 0 spiro atoms. The summed E-state index contributed by atoms with van der Waals surface area (Å²) in [6.45, 7) is 4.42. The summed E-state index contributed by atoms with van der Waals surface area (Å²) >= 11 is 1.71. The molecule has 1 saturated carbocycles. The second kappa shape index (κ2) is 2.05. The molecule has 11 heavy (non-hydrogen) atoms. The first kappa shape index (κ1) is 7.25. The first-order valence-corrected chi connectivity index (χ1v) is 4.66. The van der Waals surface area contributed by atoms with Crippen molar-refractivity contribution in [1.29, 1.82) is 0 Å². The highest BCUT2D eigenvalue weighted by molar-refractivity contribution is 7.09. The number of aromatic nitrogens is 1. The summed E-state index contributed by atoms with van der Waals surface area (Å²) in [6, 6.07) is 0.336. The molecule has 2 rings (SSSR count). The van der Waals surface area contributed by atoms with Gasteiger partial charge in [-0.1, -0.05) is 13.8 Å². The summed E-state index contributed by atoms with van der Waals surface area (Å²) in [7, 11) is 0. The van der Waals surface area contributed by atoms with Gasteiger partial charge in [0.15, 0.2) is 0 Å². The second-order valence-electron chi connectivity index (χ2n) is 3.73. The molecule has 2 nitrogen and oxygen atoms in total. The first-order valence-electron chi connectivity index (χ1n) is 3.78. The van der Waals surface area contributed by atoms with Crippen LogP contribution in [0.2, 0.25) is 0 Å². The van der Waals surface area contributed by atoms with Gasteiger partial charge in [-0.05, 0) is 5.41 Å². The average molecular weight is 168 g/mol. The number of rotatable bonds is 1. The zero-order valence-corrected chi connectivity index (χ0v) is 7.56. The summed E-state index contributed by atoms with van der Waals surface area (Å²) in [4.78, 5) is 5.38. The van der Waals surface area contributed by atoms with E-state index >= 15 is 0 Å². The van der Waals surface area contributed by atoms with E-state index in [1.165, 1.54) is 4.88 Å². The third kappa shape index (κ3) is 0.914. The van der Waals surface area contributed by atoms with Crippen LogP contribution in [0.4, 0.5) is 0 Å². The Morgan fingerprint density at radius 1 is 1.64 bits per heavy atom. The fourth-order valence-corrected chi connectivity index (χ4v) is 2.56. The highest BCUT2D eigenvalue weighted by Crippen LogP contribution is 2.57. The highest BCUT2D eigenvalue weighted by Gasteiger charge is 2.56. The Morgan fingerprint density at radius 3 is 2.64 bits per heavy atom. The van der Waals surface area contributed by atoms with Gasteiger partial charge in [-0.15, -0.1) is 11.3 Å². The lowest BCUT2D eigenvalue weighted by Gasteiger charge is -1.96. The van der Waals surface area contributed by atoms with E-state index < -0.39 is 0 Å². The van der Waals surface area contributed by atoms with Crippen LogP contribution in [-0.2, 0) is 0 Å². The Kier molecular flexibility index (Phi) is 1.35. The van der Waals surface area contributed by atoms with Gasteiger partial charge in [0.25, 0.3) is 0 Å². The molecule has 0 aliphatic heterocycles. The summed E-state index contributed by atoms with van der Waals surface area (Å²) in [5.41, 5.74) is 8.08. The van der Waals surface area contributed by atoms with Crippen molar-refractivity contribution in [2.24, 2.45) is 11.1 Å². The van der Waals surface area contributed by atoms with E-state index in [-0.39, 0.29) is 0 Å². The normalized spacial score (nSPS) is 33.7. The molecule has 1 aromatic rings. The molecule has 1 aromatic heterocycles. The predicted molar refractivity (Wildman–Crippen MR) is 46.6 cm³/mol. The molecule has 2 N–H and O–H groups in total. The fourth-order valence-electron chi connectivity index (χ4n) is 1.60. The third-order valence-corrected chi connectivity index (χ3v) is 3.53. The summed E-state index contributed by atoms with van der Waals surface area (Å²) in [5, 5.41) is 0. The van der Waals surface area contributed by atoms with E-state index in [9.17, 15) is 0 Å². The lowest BCUT2D eigenvalue weighted by atomic mass is 10.1. The number of hydrogen-bond donors (Lipinski definition) is 1. The molecule has 1 fully saturated rings. The highest BCUT2D eigenvalue weighted by atomic mass is 32.1. The van der Waals surface area contributed by atoms with E-state index in [4.69, 9.17) is 5.73 Å². The van der Waals surface area contributed by atoms with E-state index in [1.54, 1.807) is 11.3 Å². The zero-order valence-electron chi connectivity index (χ0n) is 6.74. The van der Waals surface area contributed by atoms with Gasteiger partial charge in [0.2, 0.25) is 0 Å². The average Bonchev–Trinajstić information content (AvgIpc) is 2.40. The van der Waals surface area contributed by atoms with Crippen molar-refractivity contribution in [2.75, 3.05) is 0 Å². The molecule has 0 aromatic carbocycles. The van der Waals surface area contributed by atoms with E-state index in [1.807, 2.05) is 11.7 Å². The Morgan fingerprint density at radius 2 is 2.27 bits per heavy atom. The monoisotopic (exact) mass is 168 g/mol. The van der Waals surface area contributed by atoms with Crippen LogP contribution in [0, 0.1) is 5.41 Å². The topological polar surface area (TPSA) is 38.9 Å². The maximum absolute atomic E-state index is 5.91. The smallest absolute Gasteiger partial charge is 0.0794 e. The Labute approximate surface area is 70.5 Å². The van der Waals surface area contributed by atoms with Crippen LogP contribution in [0.15, 0.2) is 11.7 Å². The van der Waals surface area contributed by atoms with Crippen LogP contribution in [0.3, 0.4) is 0 Å². The molecule has 0 bridgehead atoms. The fraction of sp³-hybridized carbons (Fsp3) is 0.625. The molecule has 60 valence electrons. The largest absolute Gasteiger partial charge is 0.327 e. The van der Waals surface area contributed by atoms with E-state index in [0.29, 0.717) is 17.4 Å². The zero-order chi connectivity index (χ0) is 8.06. The molecule has 1 aliphatic carbocycles. The second-order valence-corrected chi connectivity index (χ2v) is 4.65. The number of hydrogen-bond acceptors (Lipinski definition) is 3. The van der Waals surface area contributed by atoms with E-state index in [0.717, 1.165) is 0 Å². The lowest BCUT2D eigenvalue weighted by Crippen LogP contribution is -2.06. The van der Waals surface area contributed by atoms with Crippen molar-refractivity contribution in [3.05, 3.63) is 16.6 Å². The van der Waals surface area contributed by atoms with Crippen LogP contribution >= 0.6 is 11.3 Å². The number of nitrogens with two attached hydrogens (primary N) is 1. The van der Waals surface area contributed by atoms with Crippen LogP contribution in [-0.4, -0.2) is 11.0 Å². The molecule has 1 aliphatic rings.